The molecule has 7 aromatic carbocycles. The first-order valence-corrected chi connectivity index (χ1v) is 22.9. The molecule has 7 aromatic rings. The monoisotopic (exact) mass is 962 g/mol. The molecule has 13 heteroatoms. The third kappa shape index (κ3) is 5.50. The van der Waals surface area contributed by atoms with Crippen LogP contribution in [0.15, 0.2) is 36.4 Å². The summed E-state index contributed by atoms with van der Waals surface area (Å²) >= 11 is 51.5. The third-order valence-corrected chi connectivity index (χ3v) is 15.6. The number of rotatable bonds is 6. The summed E-state index contributed by atoms with van der Waals surface area (Å²) in [5.74, 6) is -2.97. The van der Waals surface area contributed by atoms with Gasteiger partial charge in [-0.25, -0.2) is 9.80 Å². The topological polar surface area (TPSA) is 74.8 Å². The average molecular weight is 966 g/mol. The molecule has 0 fully saturated rings. The molecule has 0 spiro atoms. The molecule has 9 rings (SSSR count). The van der Waals surface area contributed by atoms with Gasteiger partial charge in [-0.15, -0.1) is 0 Å². The smallest absolute Gasteiger partial charge is 0.267 e. The summed E-state index contributed by atoms with van der Waals surface area (Å²) in [6.07, 6.45) is 0. The molecule has 0 N–H and O–H groups in total. The van der Waals surface area contributed by atoms with Crippen LogP contribution in [0.5, 0.6) is 0 Å². The molecule has 0 unspecified atom stereocenters. The molecule has 2 heterocycles. The Hall–Kier alpha value is -3.85. The normalized spacial score (nSPS) is 14.5. The van der Waals surface area contributed by atoms with E-state index in [0.29, 0.717) is 16.9 Å². The molecule has 0 saturated carbocycles. The van der Waals surface area contributed by atoms with Crippen LogP contribution in [0.25, 0.3) is 43.1 Å². The Kier molecular flexibility index (Phi) is 10.4. The Morgan fingerprint density at radius 3 is 0.903 bits per heavy atom. The van der Waals surface area contributed by atoms with Crippen LogP contribution in [-0.4, -0.2) is 23.6 Å². The van der Waals surface area contributed by atoms with E-state index in [-0.39, 0.29) is 124 Å². The lowest BCUT2D eigenvalue weighted by Gasteiger charge is -2.35. The van der Waals surface area contributed by atoms with E-state index >= 15 is 19.2 Å². The number of amides is 4. The maximum absolute atomic E-state index is 15.2. The lowest BCUT2D eigenvalue weighted by molar-refractivity contribution is 0.0877. The van der Waals surface area contributed by atoms with Crippen molar-refractivity contribution in [2.75, 3.05) is 9.80 Å². The Balaban J connectivity index is 1.46. The first-order valence-electron chi connectivity index (χ1n) is 20.2. The molecular formula is C49H37Cl7N2O4. The molecule has 2 aliphatic rings. The van der Waals surface area contributed by atoms with Gasteiger partial charge in [-0.3, -0.25) is 19.2 Å². The molecule has 0 saturated heterocycles. The number of hydrogen-bond acceptors (Lipinski definition) is 4. The molecule has 0 aromatic heterocycles. The molecule has 6 nitrogen and oxygen atoms in total. The molecular weight excluding hydrogens is 929 g/mol. The number of benzene rings is 7. The number of carbonyl (C=O) groups excluding carboxylic acids is 4. The van der Waals surface area contributed by atoms with Crippen molar-refractivity contribution in [1.82, 2.24) is 0 Å². The van der Waals surface area contributed by atoms with Gasteiger partial charge in [-0.2, -0.15) is 0 Å². The number of halogens is 7. The van der Waals surface area contributed by atoms with Gasteiger partial charge in [0.25, 0.3) is 23.6 Å². The quantitative estimate of drug-likeness (QED) is 0.0945. The fourth-order valence-corrected chi connectivity index (χ4v) is 11.7. The Labute approximate surface area is 393 Å². The van der Waals surface area contributed by atoms with Crippen LogP contribution < -0.4 is 9.80 Å². The van der Waals surface area contributed by atoms with E-state index in [4.69, 9.17) is 81.2 Å². The SMILES string of the molecule is Cc1c2c3c(c(Cl)c(Cl)c4c5c(Cl)c(Cl)c6c7c(c(Cl)c(Cl)c(c(c1Cl)c34)c75)C(=O)N(c1c(C(C)C)cccc1C(C)C)C6=O)C(=O)N(c1c(C(C)C)cccc1C(C)C)C2=O. The van der Waals surface area contributed by atoms with Gasteiger partial charge in [0.05, 0.1) is 68.8 Å². The van der Waals surface area contributed by atoms with Crippen LogP contribution in [0.1, 0.15) is 148 Å². The zero-order valence-electron chi connectivity index (χ0n) is 34.9. The summed E-state index contributed by atoms with van der Waals surface area (Å²) in [5, 5.41) is 1.16. The number of anilines is 2. The van der Waals surface area contributed by atoms with Crippen LogP contribution in [0.4, 0.5) is 11.4 Å². The van der Waals surface area contributed by atoms with Gasteiger partial charge in [-0.1, -0.05) is 173 Å². The maximum atomic E-state index is 15.2. The Morgan fingerprint density at radius 1 is 0.355 bits per heavy atom. The molecule has 0 aliphatic carbocycles. The fraction of sp³-hybridized carbons (Fsp3) is 0.265. The first-order chi connectivity index (χ1) is 29.2. The highest BCUT2D eigenvalue weighted by molar-refractivity contribution is 6.63. The summed E-state index contributed by atoms with van der Waals surface area (Å²) < 4.78 is 0. The maximum Gasteiger partial charge on any atom is 0.267 e. The highest BCUT2D eigenvalue weighted by Gasteiger charge is 2.46. The first kappa shape index (κ1) is 43.4. The second kappa shape index (κ2) is 14.9. The number of imide groups is 2. The number of carbonyl (C=O) groups is 4. The van der Waals surface area contributed by atoms with Crippen LogP contribution >= 0.6 is 81.2 Å². The van der Waals surface area contributed by atoms with Crippen LogP contribution in [0.2, 0.25) is 35.2 Å². The van der Waals surface area contributed by atoms with Crippen molar-refractivity contribution in [3.8, 4) is 0 Å². The van der Waals surface area contributed by atoms with Crippen molar-refractivity contribution in [2.45, 2.75) is 86.0 Å². The Bertz CT molecular complexity index is 2870. The summed E-state index contributed by atoms with van der Waals surface area (Å²) in [7, 11) is 0. The zero-order valence-corrected chi connectivity index (χ0v) is 40.2. The minimum atomic E-state index is -0.707. The molecule has 62 heavy (non-hydrogen) atoms. The van der Waals surface area contributed by atoms with Gasteiger partial charge in [-0.05, 0) is 58.4 Å². The fourth-order valence-electron chi connectivity index (χ4n) is 9.80. The number of fused-ring (bicyclic) bond motifs is 2. The molecule has 0 radical (unpaired) electrons. The predicted molar refractivity (Wildman–Crippen MR) is 259 cm³/mol. The van der Waals surface area contributed by atoms with E-state index in [1.165, 1.54) is 4.90 Å². The highest BCUT2D eigenvalue weighted by atomic mass is 35.5. The molecule has 0 atom stereocenters. The van der Waals surface area contributed by atoms with Crippen LogP contribution in [0, 0.1) is 6.92 Å². The molecule has 4 amide bonds. The summed E-state index contributed by atoms with van der Waals surface area (Å²) in [6, 6.07) is 11.4. The van der Waals surface area contributed by atoms with Crippen molar-refractivity contribution >= 4 is 159 Å². The number of nitrogens with zero attached hydrogens (tertiary/aromatic N) is 2. The molecule has 316 valence electrons. The second-order valence-corrected chi connectivity index (χ2v) is 20.0. The van der Waals surface area contributed by atoms with Gasteiger partial charge >= 0.3 is 0 Å². The van der Waals surface area contributed by atoms with Gasteiger partial charge in [0.1, 0.15) is 0 Å². The van der Waals surface area contributed by atoms with Gasteiger partial charge < -0.3 is 0 Å². The van der Waals surface area contributed by atoms with E-state index in [9.17, 15) is 0 Å². The van der Waals surface area contributed by atoms with Gasteiger partial charge in [0.2, 0.25) is 0 Å². The van der Waals surface area contributed by atoms with Crippen molar-refractivity contribution in [3.63, 3.8) is 0 Å². The van der Waals surface area contributed by atoms with Gasteiger partial charge in [0, 0.05) is 43.1 Å². The number of hydrogen-bond donors (Lipinski definition) is 0. The van der Waals surface area contributed by atoms with E-state index in [2.05, 4.69) is 0 Å². The van der Waals surface area contributed by atoms with E-state index in [0.717, 1.165) is 27.2 Å². The van der Waals surface area contributed by atoms with Crippen molar-refractivity contribution < 1.29 is 19.2 Å². The van der Waals surface area contributed by atoms with Crippen molar-refractivity contribution in [2.24, 2.45) is 0 Å². The third-order valence-electron chi connectivity index (χ3n) is 12.6. The second-order valence-electron chi connectivity index (χ2n) is 17.4. The van der Waals surface area contributed by atoms with E-state index in [1.54, 1.807) is 6.92 Å². The van der Waals surface area contributed by atoms with Crippen LogP contribution in [-0.2, 0) is 0 Å². The number of para-hydroxylation sites is 2. The minimum absolute atomic E-state index is 0.0106. The zero-order chi connectivity index (χ0) is 45.0. The minimum Gasteiger partial charge on any atom is -0.268 e. The van der Waals surface area contributed by atoms with E-state index in [1.807, 2.05) is 91.8 Å². The Morgan fingerprint density at radius 2 is 0.613 bits per heavy atom. The summed E-state index contributed by atoms with van der Waals surface area (Å²) in [6.45, 7) is 17.6. The van der Waals surface area contributed by atoms with Gasteiger partial charge in [0.15, 0.2) is 0 Å². The van der Waals surface area contributed by atoms with Crippen LogP contribution in [0.3, 0.4) is 0 Å². The molecule has 2 aliphatic heterocycles. The highest BCUT2D eigenvalue weighted by Crippen LogP contribution is 2.59. The van der Waals surface area contributed by atoms with Crippen molar-refractivity contribution in [1.29, 1.82) is 0 Å². The standard InChI is InChI=1S/C49H37Cl7N2O4/c1-16(2)21-12-10-13-22(17(3)4)44(21)57-46(59)25-20(9)37(50)30-27-26(25)34(47(57)60)41(54)39(52)32(27)33-28-29-35(42(55)38(51)31(28)30)48(61)58(49(62)36(29)43(56)40(33)53)45-23(18(5)6)14-11-15-24(45)19(7)8/h10-19H,1-9H3. The lowest BCUT2D eigenvalue weighted by atomic mass is 9.80. The summed E-state index contributed by atoms with van der Waals surface area (Å²) in [4.78, 5) is 63.0. The predicted octanol–water partition coefficient (Wildman–Crippen LogP) is 16.7. The average Bonchev–Trinajstić information content (AvgIpc) is 3.21. The molecule has 0 bridgehead atoms. The summed E-state index contributed by atoms with van der Waals surface area (Å²) in [5.41, 5.74) is 4.38. The largest absolute Gasteiger partial charge is 0.268 e. The lowest BCUT2D eigenvalue weighted by Crippen LogP contribution is -2.42. The van der Waals surface area contributed by atoms with E-state index < -0.39 is 23.6 Å². The van der Waals surface area contributed by atoms with Crippen molar-refractivity contribution in [3.05, 3.63) is 122 Å².